The van der Waals surface area contributed by atoms with Crippen molar-refractivity contribution in [2.45, 2.75) is 39.0 Å². The summed E-state index contributed by atoms with van der Waals surface area (Å²) in [5.41, 5.74) is 2.37. The number of thiophene rings is 1. The van der Waals surface area contributed by atoms with Crippen molar-refractivity contribution in [1.29, 1.82) is 0 Å². The number of nitrogens with one attached hydrogen (secondary N) is 2. The van der Waals surface area contributed by atoms with Gasteiger partial charge in [0.25, 0.3) is 0 Å². The van der Waals surface area contributed by atoms with Crippen molar-refractivity contribution in [3.05, 3.63) is 28.1 Å². The molecule has 1 aromatic heterocycles. The maximum Gasteiger partial charge on any atom is 0.341 e. The number of ether oxygens (including phenoxy) is 4. The molecule has 0 radical (unpaired) electrons. The summed E-state index contributed by atoms with van der Waals surface area (Å²) in [4.78, 5) is 14.0. The molecular weight excluding hydrogens is 436 g/mol. The summed E-state index contributed by atoms with van der Waals surface area (Å²) in [7, 11) is 4.67. The second-order valence-corrected chi connectivity index (χ2v) is 8.50. The molecule has 1 aliphatic carbocycles. The molecule has 3 rings (SSSR count). The highest BCUT2D eigenvalue weighted by molar-refractivity contribution is 7.80. The molecule has 0 aliphatic heterocycles. The number of hydrogen-bond donors (Lipinski definition) is 2. The van der Waals surface area contributed by atoms with Crippen LogP contribution in [0, 0.1) is 0 Å². The normalized spacial score (nSPS) is 12.9. The van der Waals surface area contributed by atoms with Crippen LogP contribution < -0.4 is 24.8 Å². The Bertz CT molecular complexity index is 933. The van der Waals surface area contributed by atoms with Gasteiger partial charge in [0.2, 0.25) is 5.75 Å². The summed E-state index contributed by atoms with van der Waals surface area (Å²) in [6.07, 6.45) is 5.23. The molecule has 1 aromatic carbocycles. The molecule has 2 N–H and O–H groups in total. The maximum atomic E-state index is 12.7. The number of thiocarbonyl (C=S) groups is 1. The van der Waals surface area contributed by atoms with E-state index in [1.165, 1.54) is 11.3 Å². The summed E-state index contributed by atoms with van der Waals surface area (Å²) >= 11 is 7.12. The van der Waals surface area contributed by atoms with Crippen LogP contribution in [0.2, 0.25) is 0 Å². The third-order valence-corrected chi connectivity index (χ3v) is 6.46. The quantitative estimate of drug-likeness (QED) is 0.336. The van der Waals surface area contributed by atoms with Crippen LogP contribution in [0.3, 0.4) is 0 Å². The van der Waals surface area contributed by atoms with Gasteiger partial charge in [-0.1, -0.05) is 6.42 Å². The first kappa shape index (κ1) is 23.1. The Morgan fingerprint density at radius 2 is 1.71 bits per heavy atom. The molecule has 168 valence electrons. The monoisotopic (exact) mass is 464 g/mol. The van der Waals surface area contributed by atoms with Crippen LogP contribution in [0.5, 0.6) is 17.2 Å². The van der Waals surface area contributed by atoms with Gasteiger partial charge in [0.15, 0.2) is 16.6 Å². The minimum Gasteiger partial charge on any atom is -0.493 e. The molecule has 0 atom stereocenters. The van der Waals surface area contributed by atoms with Gasteiger partial charge in [-0.25, -0.2) is 4.79 Å². The van der Waals surface area contributed by atoms with Crippen LogP contribution in [0.25, 0.3) is 0 Å². The van der Waals surface area contributed by atoms with Crippen molar-refractivity contribution in [3.8, 4) is 17.2 Å². The smallest absolute Gasteiger partial charge is 0.341 e. The van der Waals surface area contributed by atoms with E-state index in [2.05, 4.69) is 10.6 Å². The van der Waals surface area contributed by atoms with E-state index in [-0.39, 0.29) is 5.97 Å². The van der Waals surface area contributed by atoms with Gasteiger partial charge in [0.05, 0.1) is 33.5 Å². The average Bonchev–Trinajstić information content (AvgIpc) is 2.93. The molecule has 0 spiro atoms. The van der Waals surface area contributed by atoms with Crippen LogP contribution in [-0.4, -0.2) is 39.0 Å². The largest absolute Gasteiger partial charge is 0.493 e. The number of carbonyl (C=O) groups excluding carboxylic acids is 1. The minimum atomic E-state index is -0.306. The molecule has 0 saturated heterocycles. The van der Waals surface area contributed by atoms with Gasteiger partial charge in [-0.2, -0.15) is 0 Å². The zero-order valence-electron chi connectivity index (χ0n) is 18.3. The predicted octanol–water partition coefficient (Wildman–Crippen LogP) is 5.03. The highest BCUT2D eigenvalue weighted by atomic mass is 32.1. The van der Waals surface area contributed by atoms with Crippen molar-refractivity contribution < 1.29 is 23.7 Å². The number of rotatable bonds is 7. The molecule has 0 fully saturated rings. The highest BCUT2D eigenvalue weighted by Crippen LogP contribution is 2.41. The predicted molar refractivity (Wildman–Crippen MR) is 127 cm³/mol. The van der Waals surface area contributed by atoms with Crippen molar-refractivity contribution in [1.82, 2.24) is 0 Å². The fraction of sp³-hybridized carbons (Fsp3) is 0.455. The van der Waals surface area contributed by atoms with Gasteiger partial charge in [-0.15, -0.1) is 11.3 Å². The maximum absolute atomic E-state index is 12.7. The lowest BCUT2D eigenvalue weighted by atomic mass is 10.1. The first-order chi connectivity index (χ1) is 15.0. The van der Waals surface area contributed by atoms with E-state index in [0.29, 0.717) is 40.2 Å². The number of benzene rings is 1. The van der Waals surface area contributed by atoms with Crippen LogP contribution in [-0.2, 0) is 17.6 Å². The first-order valence-corrected chi connectivity index (χ1v) is 11.4. The fourth-order valence-corrected chi connectivity index (χ4v) is 5.23. The summed E-state index contributed by atoms with van der Waals surface area (Å²) < 4.78 is 21.5. The van der Waals surface area contributed by atoms with E-state index in [1.807, 2.05) is 6.92 Å². The van der Waals surface area contributed by atoms with Gasteiger partial charge in [-0.05, 0) is 50.4 Å². The Morgan fingerprint density at radius 3 is 2.32 bits per heavy atom. The van der Waals surface area contributed by atoms with Gasteiger partial charge >= 0.3 is 5.97 Å². The molecule has 0 saturated carbocycles. The number of carbonyl (C=O) groups is 1. The molecule has 0 unspecified atom stereocenters. The zero-order chi connectivity index (χ0) is 22.4. The van der Waals surface area contributed by atoms with Crippen molar-refractivity contribution >= 4 is 45.3 Å². The molecule has 0 bridgehead atoms. The molecule has 2 aromatic rings. The highest BCUT2D eigenvalue weighted by Gasteiger charge is 2.26. The number of esters is 1. The van der Waals surface area contributed by atoms with Crippen molar-refractivity contribution in [2.24, 2.45) is 0 Å². The third-order valence-electron chi connectivity index (χ3n) is 5.05. The summed E-state index contributed by atoms with van der Waals surface area (Å²) in [5, 5.41) is 7.42. The summed E-state index contributed by atoms with van der Waals surface area (Å²) in [6.45, 7) is 2.14. The first-order valence-electron chi connectivity index (χ1n) is 10.2. The molecule has 7 nitrogen and oxygen atoms in total. The standard InChI is InChI=1S/C22H28N2O5S2/c1-5-29-21(25)18-14-9-7-6-8-10-17(14)31-20(18)24-22(30)23-13-11-15(26-2)19(28-4)16(12-13)27-3/h11-12H,5-10H2,1-4H3,(H2,23,24,30). The second-order valence-electron chi connectivity index (χ2n) is 6.98. The van der Waals surface area contributed by atoms with Gasteiger partial charge in [0, 0.05) is 22.7 Å². The van der Waals surface area contributed by atoms with Crippen LogP contribution >= 0.6 is 23.6 Å². The molecule has 31 heavy (non-hydrogen) atoms. The minimum absolute atomic E-state index is 0.306. The molecule has 1 heterocycles. The van der Waals surface area contributed by atoms with E-state index in [1.54, 1.807) is 44.8 Å². The van der Waals surface area contributed by atoms with Gasteiger partial charge < -0.3 is 29.6 Å². The topological polar surface area (TPSA) is 78.1 Å². The van der Waals surface area contributed by atoms with E-state index < -0.39 is 0 Å². The summed E-state index contributed by atoms with van der Waals surface area (Å²) in [6, 6.07) is 3.54. The second kappa shape index (κ2) is 10.7. The Labute approximate surface area is 192 Å². The molecular formula is C22H28N2O5S2. The van der Waals surface area contributed by atoms with E-state index >= 15 is 0 Å². The van der Waals surface area contributed by atoms with Crippen molar-refractivity contribution in [2.75, 3.05) is 38.6 Å². The van der Waals surface area contributed by atoms with E-state index in [4.69, 9.17) is 31.2 Å². The zero-order valence-corrected chi connectivity index (χ0v) is 19.9. The average molecular weight is 465 g/mol. The van der Waals surface area contributed by atoms with Gasteiger partial charge in [0.1, 0.15) is 5.00 Å². The Morgan fingerprint density at radius 1 is 1.03 bits per heavy atom. The Kier molecular flexibility index (Phi) is 7.97. The molecule has 0 amide bonds. The number of aryl methyl sites for hydroxylation is 1. The fourth-order valence-electron chi connectivity index (χ4n) is 3.67. The summed E-state index contributed by atoms with van der Waals surface area (Å²) in [5.74, 6) is 1.23. The van der Waals surface area contributed by atoms with E-state index in [0.717, 1.165) is 36.2 Å². The Balaban J connectivity index is 1.86. The lowest BCUT2D eigenvalue weighted by Crippen LogP contribution is -2.20. The number of anilines is 2. The lowest BCUT2D eigenvalue weighted by Gasteiger charge is -2.16. The van der Waals surface area contributed by atoms with E-state index in [9.17, 15) is 4.79 Å². The van der Waals surface area contributed by atoms with Crippen LogP contribution in [0.15, 0.2) is 12.1 Å². The lowest BCUT2D eigenvalue weighted by molar-refractivity contribution is 0.0527. The number of methoxy groups -OCH3 is 3. The number of hydrogen-bond acceptors (Lipinski definition) is 7. The van der Waals surface area contributed by atoms with Crippen LogP contribution in [0.4, 0.5) is 10.7 Å². The molecule has 9 heteroatoms. The SMILES string of the molecule is CCOC(=O)c1c(NC(=S)Nc2cc(OC)c(OC)c(OC)c2)sc2c1CCCCC2. The van der Waals surface area contributed by atoms with Crippen LogP contribution in [0.1, 0.15) is 47.0 Å². The third kappa shape index (κ3) is 5.22. The van der Waals surface area contributed by atoms with Crippen molar-refractivity contribution in [3.63, 3.8) is 0 Å². The molecule has 1 aliphatic rings. The number of fused-ring (bicyclic) bond motifs is 1. The Hall–Kier alpha value is -2.52. The van der Waals surface area contributed by atoms with Gasteiger partial charge in [-0.3, -0.25) is 0 Å².